The molecule has 0 aromatic carbocycles. The zero-order valence-corrected chi connectivity index (χ0v) is 12.4. The number of morpholine rings is 1. The van der Waals surface area contributed by atoms with Crippen LogP contribution in [0.3, 0.4) is 0 Å². The third-order valence-electron chi connectivity index (χ3n) is 3.61. The molecule has 5 nitrogen and oxygen atoms in total. The Morgan fingerprint density at radius 1 is 1.45 bits per heavy atom. The van der Waals surface area contributed by atoms with E-state index in [-0.39, 0.29) is 6.10 Å². The number of furan rings is 1. The summed E-state index contributed by atoms with van der Waals surface area (Å²) >= 11 is 6.16. The highest BCUT2D eigenvalue weighted by atomic mass is 35.5. The second-order valence-corrected chi connectivity index (χ2v) is 5.51. The lowest BCUT2D eigenvalue weighted by atomic mass is 10.2. The van der Waals surface area contributed by atoms with Crippen molar-refractivity contribution in [2.75, 3.05) is 19.7 Å². The van der Waals surface area contributed by atoms with E-state index in [0.717, 1.165) is 36.8 Å². The van der Waals surface area contributed by atoms with Gasteiger partial charge in [0.1, 0.15) is 17.6 Å². The second kappa shape index (κ2) is 5.60. The smallest absolute Gasteiger partial charge is 0.134 e. The highest BCUT2D eigenvalue weighted by Gasteiger charge is 2.25. The molecule has 0 aliphatic carbocycles. The van der Waals surface area contributed by atoms with E-state index in [0.29, 0.717) is 11.6 Å². The van der Waals surface area contributed by atoms with Crippen molar-refractivity contribution in [2.24, 2.45) is 7.05 Å². The number of aryl methyl sites for hydroxylation is 2. The molecule has 1 saturated heterocycles. The minimum absolute atomic E-state index is 0.00977. The number of rotatable bonds is 3. The van der Waals surface area contributed by atoms with Gasteiger partial charge in [0.25, 0.3) is 0 Å². The summed E-state index contributed by atoms with van der Waals surface area (Å²) in [6.45, 7) is 5.10. The first-order chi connectivity index (χ1) is 9.63. The number of nitrogens with zero attached hydrogens (tertiary/aromatic N) is 3. The Bertz CT molecular complexity index is 574. The Morgan fingerprint density at radius 2 is 2.30 bits per heavy atom. The average Bonchev–Trinajstić information content (AvgIpc) is 3.00. The van der Waals surface area contributed by atoms with Crippen LogP contribution in [0.1, 0.15) is 23.3 Å². The molecular formula is C14H18ClN3O2. The first-order valence-corrected chi connectivity index (χ1v) is 7.08. The van der Waals surface area contributed by atoms with Crippen LogP contribution >= 0.6 is 11.6 Å². The lowest BCUT2D eigenvalue weighted by Crippen LogP contribution is -2.38. The molecular weight excluding hydrogens is 278 g/mol. The predicted octanol–water partition coefficient (Wildman–Crippen LogP) is 2.55. The monoisotopic (exact) mass is 295 g/mol. The van der Waals surface area contributed by atoms with E-state index < -0.39 is 0 Å². The summed E-state index contributed by atoms with van der Waals surface area (Å²) in [4.78, 5) is 2.31. The highest BCUT2D eigenvalue weighted by molar-refractivity contribution is 6.31. The molecule has 1 aliphatic rings. The van der Waals surface area contributed by atoms with E-state index in [1.165, 1.54) is 0 Å². The summed E-state index contributed by atoms with van der Waals surface area (Å²) in [7, 11) is 1.91. The van der Waals surface area contributed by atoms with E-state index in [1.807, 2.05) is 30.8 Å². The van der Waals surface area contributed by atoms with Crippen LogP contribution in [-0.2, 0) is 18.3 Å². The third kappa shape index (κ3) is 2.75. The van der Waals surface area contributed by atoms with Crippen LogP contribution in [-0.4, -0.2) is 34.4 Å². The van der Waals surface area contributed by atoms with Crippen LogP contribution < -0.4 is 0 Å². The van der Waals surface area contributed by atoms with Crippen molar-refractivity contribution in [3.63, 3.8) is 0 Å². The van der Waals surface area contributed by atoms with Crippen molar-refractivity contribution in [3.05, 3.63) is 40.6 Å². The lowest BCUT2D eigenvalue weighted by Gasteiger charge is -2.31. The van der Waals surface area contributed by atoms with Gasteiger partial charge >= 0.3 is 0 Å². The van der Waals surface area contributed by atoms with Gasteiger partial charge in [-0.05, 0) is 19.1 Å². The summed E-state index contributed by atoms with van der Waals surface area (Å²) < 4.78 is 13.3. The Kier molecular flexibility index (Phi) is 3.83. The normalized spacial score (nSPS) is 20.4. The van der Waals surface area contributed by atoms with Gasteiger partial charge in [0.05, 0.1) is 23.5 Å². The van der Waals surface area contributed by atoms with Gasteiger partial charge in [0.15, 0.2) is 0 Å². The molecule has 20 heavy (non-hydrogen) atoms. The molecule has 0 saturated carbocycles. The fourth-order valence-electron chi connectivity index (χ4n) is 2.47. The molecule has 2 aromatic heterocycles. The van der Waals surface area contributed by atoms with Crippen molar-refractivity contribution < 1.29 is 9.15 Å². The second-order valence-electron chi connectivity index (χ2n) is 5.11. The molecule has 0 spiro atoms. The largest absolute Gasteiger partial charge is 0.464 e. The molecule has 2 aromatic rings. The number of ether oxygens (including phenoxy) is 1. The number of halogens is 1. The van der Waals surface area contributed by atoms with Gasteiger partial charge in [-0.1, -0.05) is 11.6 Å². The standard InChI is InChI=1S/C14H18ClN3O2/c1-10-3-4-13(20-10)14-9-18(5-6-19-14)8-12-11(15)7-16-17(12)2/h3-4,7,14H,5-6,8-9H2,1-2H3/t14-/m0/s1. The number of hydrogen-bond acceptors (Lipinski definition) is 4. The molecule has 0 amide bonds. The van der Waals surface area contributed by atoms with Gasteiger partial charge in [0, 0.05) is 26.7 Å². The van der Waals surface area contributed by atoms with Crippen molar-refractivity contribution in [3.8, 4) is 0 Å². The van der Waals surface area contributed by atoms with Gasteiger partial charge < -0.3 is 9.15 Å². The third-order valence-corrected chi connectivity index (χ3v) is 3.93. The van der Waals surface area contributed by atoms with Crippen LogP contribution in [0.2, 0.25) is 5.02 Å². The van der Waals surface area contributed by atoms with E-state index in [2.05, 4.69) is 10.00 Å². The zero-order chi connectivity index (χ0) is 14.1. The van der Waals surface area contributed by atoms with Crippen LogP contribution in [0.25, 0.3) is 0 Å². The molecule has 3 rings (SSSR count). The molecule has 1 fully saturated rings. The molecule has 3 heterocycles. The Morgan fingerprint density at radius 3 is 2.95 bits per heavy atom. The van der Waals surface area contributed by atoms with E-state index in [1.54, 1.807) is 6.20 Å². The van der Waals surface area contributed by atoms with E-state index >= 15 is 0 Å². The van der Waals surface area contributed by atoms with E-state index in [9.17, 15) is 0 Å². The Hall–Kier alpha value is -1.30. The highest BCUT2D eigenvalue weighted by Crippen LogP contribution is 2.26. The van der Waals surface area contributed by atoms with Crippen LogP contribution in [0.15, 0.2) is 22.7 Å². The van der Waals surface area contributed by atoms with Gasteiger partial charge in [-0.25, -0.2) is 0 Å². The fourth-order valence-corrected chi connectivity index (χ4v) is 2.70. The Labute approximate surface area is 123 Å². The first kappa shape index (κ1) is 13.7. The maximum Gasteiger partial charge on any atom is 0.134 e. The maximum absolute atomic E-state index is 6.16. The average molecular weight is 296 g/mol. The number of hydrogen-bond donors (Lipinski definition) is 0. The van der Waals surface area contributed by atoms with Gasteiger partial charge in [-0.2, -0.15) is 5.10 Å². The summed E-state index contributed by atoms with van der Waals surface area (Å²) in [5, 5.41) is 4.88. The van der Waals surface area contributed by atoms with Crippen LogP contribution in [0.5, 0.6) is 0 Å². The summed E-state index contributed by atoms with van der Waals surface area (Å²) in [5.74, 6) is 1.80. The lowest BCUT2D eigenvalue weighted by molar-refractivity contribution is -0.0436. The number of aromatic nitrogens is 2. The molecule has 6 heteroatoms. The van der Waals surface area contributed by atoms with Gasteiger partial charge in [0.2, 0.25) is 0 Å². The zero-order valence-electron chi connectivity index (χ0n) is 11.7. The Balaban J connectivity index is 1.69. The summed E-state index contributed by atoms with van der Waals surface area (Å²) in [6.07, 6.45) is 1.68. The molecule has 0 bridgehead atoms. The molecule has 0 N–H and O–H groups in total. The predicted molar refractivity (Wildman–Crippen MR) is 75.6 cm³/mol. The van der Waals surface area contributed by atoms with Crippen LogP contribution in [0.4, 0.5) is 0 Å². The van der Waals surface area contributed by atoms with Crippen molar-refractivity contribution in [1.82, 2.24) is 14.7 Å². The topological polar surface area (TPSA) is 43.4 Å². The van der Waals surface area contributed by atoms with Crippen molar-refractivity contribution in [1.29, 1.82) is 0 Å². The van der Waals surface area contributed by atoms with Crippen molar-refractivity contribution >= 4 is 11.6 Å². The first-order valence-electron chi connectivity index (χ1n) is 6.70. The van der Waals surface area contributed by atoms with Gasteiger partial charge in [-0.15, -0.1) is 0 Å². The molecule has 108 valence electrons. The molecule has 0 unspecified atom stereocenters. The van der Waals surface area contributed by atoms with Gasteiger partial charge in [-0.3, -0.25) is 9.58 Å². The molecule has 1 atom stereocenters. The van der Waals surface area contributed by atoms with E-state index in [4.69, 9.17) is 20.8 Å². The minimum atomic E-state index is -0.00977. The minimum Gasteiger partial charge on any atom is -0.464 e. The SMILES string of the molecule is Cc1ccc([C@@H]2CN(Cc3c(Cl)cnn3C)CCO2)o1. The fraction of sp³-hybridized carbons (Fsp3) is 0.500. The molecule has 1 aliphatic heterocycles. The summed E-state index contributed by atoms with van der Waals surface area (Å²) in [5.41, 5.74) is 1.03. The maximum atomic E-state index is 6.16. The van der Waals surface area contributed by atoms with Crippen LogP contribution in [0, 0.1) is 6.92 Å². The van der Waals surface area contributed by atoms with Crippen molar-refractivity contribution in [2.45, 2.75) is 19.6 Å². The quantitative estimate of drug-likeness (QED) is 0.873. The molecule has 0 radical (unpaired) electrons. The summed E-state index contributed by atoms with van der Waals surface area (Å²) in [6, 6.07) is 3.95.